The Bertz CT molecular complexity index is 667. The number of carbonyl (C=O) groups excluding carboxylic acids is 1. The Hall–Kier alpha value is -1.81. The van der Waals surface area contributed by atoms with Crippen molar-refractivity contribution in [1.82, 2.24) is 9.47 Å². The molecule has 3 rings (SSSR count). The van der Waals surface area contributed by atoms with Gasteiger partial charge in [-0.1, -0.05) is 13.8 Å². The molecule has 1 aromatic heterocycles. The molecular weight excluding hydrogens is 264 g/mol. The Labute approximate surface area is 125 Å². The van der Waals surface area contributed by atoms with Gasteiger partial charge < -0.3 is 14.2 Å². The average Bonchev–Trinajstić information content (AvgIpc) is 2.88. The lowest BCUT2D eigenvalue weighted by Crippen LogP contribution is -2.40. The van der Waals surface area contributed by atoms with E-state index in [9.17, 15) is 4.79 Å². The van der Waals surface area contributed by atoms with Gasteiger partial charge in [-0.05, 0) is 29.7 Å². The third-order valence-corrected chi connectivity index (χ3v) is 4.19. The molecule has 1 aliphatic rings. The molecule has 0 bridgehead atoms. The second-order valence-electron chi connectivity index (χ2n) is 5.99. The van der Waals surface area contributed by atoms with Gasteiger partial charge in [0, 0.05) is 31.7 Å². The molecule has 21 heavy (non-hydrogen) atoms. The monoisotopic (exact) mass is 286 g/mol. The summed E-state index contributed by atoms with van der Waals surface area (Å²) < 4.78 is 7.38. The van der Waals surface area contributed by atoms with Crippen LogP contribution < -0.4 is 0 Å². The van der Waals surface area contributed by atoms with Crippen LogP contribution in [0.3, 0.4) is 0 Å². The van der Waals surface area contributed by atoms with Crippen molar-refractivity contribution in [1.29, 1.82) is 0 Å². The summed E-state index contributed by atoms with van der Waals surface area (Å²) in [6.45, 7) is 6.94. The van der Waals surface area contributed by atoms with E-state index in [1.807, 2.05) is 22.7 Å². The van der Waals surface area contributed by atoms with E-state index in [0.717, 1.165) is 16.5 Å². The van der Waals surface area contributed by atoms with Crippen LogP contribution in [0.2, 0.25) is 0 Å². The predicted molar refractivity (Wildman–Crippen MR) is 83.7 cm³/mol. The van der Waals surface area contributed by atoms with Crippen LogP contribution in [0.15, 0.2) is 24.4 Å². The van der Waals surface area contributed by atoms with Gasteiger partial charge in [-0.15, -0.1) is 0 Å². The van der Waals surface area contributed by atoms with Crippen LogP contribution >= 0.6 is 0 Å². The molecule has 4 nitrogen and oxygen atoms in total. The number of nitrogens with zero attached hydrogens (tertiary/aromatic N) is 2. The summed E-state index contributed by atoms with van der Waals surface area (Å²) in [7, 11) is 1.99. The van der Waals surface area contributed by atoms with Crippen molar-refractivity contribution in [2.45, 2.75) is 19.8 Å². The van der Waals surface area contributed by atoms with Crippen molar-refractivity contribution in [2.24, 2.45) is 7.05 Å². The van der Waals surface area contributed by atoms with E-state index in [1.54, 1.807) is 0 Å². The quantitative estimate of drug-likeness (QED) is 0.851. The highest BCUT2D eigenvalue weighted by molar-refractivity contribution is 6.06. The molecule has 1 aromatic carbocycles. The number of fused-ring (bicyclic) bond motifs is 1. The molecular formula is C17H22N2O2. The molecule has 0 N–H and O–H groups in total. The van der Waals surface area contributed by atoms with E-state index in [1.165, 1.54) is 5.56 Å². The van der Waals surface area contributed by atoms with Gasteiger partial charge in [0.05, 0.1) is 24.3 Å². The number of aromatic nitrogens is 1. The fourth-order valence-corrected chi connectivity index (χ4v) is 2.90. The number of rotatable bonds is 2. The first kappa shape index (κ1) is 14.1. The van der Waals surface area contributed by atoms with Crippen LogP contribution in [-0.4, -0.2) is 41.7 Å². The summed E-state index contributed by atoms with van der Waals surface area (Å²) in [5.41, 5.74) is 3.05. The van der Waals surface area contributed by atoms with Crippen LogP contribution in [0.1, 0.15) is 35.7 Å². The highest BCUT2D eigenvalue weighted by Crippen LogP contribution is 2.27. The third kappa shape index (κ3) is 2.56. The highest BCUT2D eigenvalue weighted by Gasteiger charge is 2.22. The van der Waals surface area contributed by atoms with E-state index in [2.05, 4.69) is 32.0 Å². The molecule has 0 unspecified atom stereocenters. The largest absolute Gasteiger partial charge is 0.378 e. The van der Waals surface area contributed by atoms with Gasteiger partial charge in [-0.2, -0.15) is 0 Å². The van der Waals surface area contributed by atoms with E-state index in [-0.39, 0.29) is 5.91 Å². The standard InChI is InChI=1S/C17H22N2O2/c1-12(2)14-10-13-4-5-18(3)16(13)15(11-14)17(20)19-6-8-21-9-7-19/h4-5,10-12H,6-9H2,1-3H3. The summed E-state index contributed by atoms with van der Waals surface area (Å²) in [5, 5.41) is 1.14. The maximum Gasteiger partial charge on any atom is 0.256 e. The number of amides is 1. The smallest absolute Gasteiger partial charge is 0.256 e. The number of hydrogen-bond donors (Lipinski definition) is 0. The van der Waals surface area contributed by atoms with Gasteiger partial charge >= 0.3 is 0 Å². The van der Waals surface area contributed by atoms with E-state index < -0.39 is 0 Å². The second kappa shape index (κ2) is 5.53. The summed E-state index contributed by atoms with van der Waals surface area (Å²) in [5.74, 6) is 0.526. The SMILES string of the molecule is CC(C)c1cc(C(=O)N2CCOCC2)c2c(ccn2C)c1. The van der Waals surface area contributed by atoms with Crippen LogP contribution in [0.4, 0.5) is 0 Å². The fraction of sp³-hybridized carbons (Fsp3) is 0.471. The first-order valence-corrected chi connectivity index (χ1v) is 7.54. The minimum atomic E-state index is 0.118. The van der Waals surface area contributed by atoms with Crippen molar-refractivity contribution in [3.05, 3.63) is 35.5 Å². The summed E-state index contributed by atoms with van der Waals surface area (Å²) >= 11 is 0. The lowest BCUT2D eigenvalue weighted by molar-refractivity contribution is 0.0304. The summed E-state index contributed by atoms with van der Waals surface area (Å²) in [6, 6.07) is 6.33. The first-order valence-electron chi connectivity index (χ1n) is 7.54. The Morgan fingerprint density at radius 3 is 2.62 bits per heavy atom. The average molecular weight is 286 g/mol. The third-order valence-electron chi connectivity index (χ3n) is 4.19. The lowest BCUT2D eigenvalue weighted by Gasteiger charge is -2.27. The zero-order valence-electron chi connectivity index (χ0n) is 12.9. The number of ether oxygens (including phenoxy) is 1. The predicted octanol–water partition coefficient (Wildman–Crippen LogP) is 2.77. The molecule has 2 heterocycles. The van der Waals surface area contributed by atoms with Gasteiger partial charge in [-0.3, -0.25) is 4.79 Å². The van der Waals surface area contributed by atoms with Gasteiger partial charge in [0.25, 0.3) is 5.91 Å². The Kier molecular flexibility index (Phi) is 3.72. The van der Waals surface area contributed by atoms with Crippen LogP contribution in [0.5, 0.6) is 0 Å². The Morgan fingerprint density at radius 1 is 1.24 bits per heavy atom. The van der Waals surface area contributed by atoms with Crippen molar-refractivity contribution < 1.29 is 9.53 Å². The number of morpholine rings is 1. The fourth-order valence-electron chi connectivity index (χ4n) is 2.90. The second-order valence-corrected chi connectivity index (χ2v) is 5.99. The zero-order valence-corrected chi connectivity index (χ0v) is 12.9. The topological polar surface area (TPSA) is 34.5 Å². The molecule has 4 heteroatoms. The maximum absolute atomic E-state index is 12.9. The first-order chi connectivity index (χ1) is 10.1. The molecule has 2 aromatic rings. The Balaban J connectivity index is 2.10. The van der Waals surface area contributed by atoms with E-state index >= 15 is 0 Å². The lowest BCUT2D eigenvalue weighted by atomic mass is 9.97. The number of aryl methyl sites for hydroxylation is 1. The number of hydrogen-bond acceptors (Lipinski definition) is 2. The van der Waals surface area contributed by atoms with E-state index in [0.29, 0.717) is 32.2 Å². The summed E-state index contributed by atoms with van der Waals surface area (Å²) in [4.78, 5) is 14.8. The summed E-state index contributed by atoms with van der Waals surface area (Å²) in [6.07, 6.45) is 2.02. The van der Waals surface area contributed by atoms with Crippen molar-refractivity contribution in [2.75, 3.05) is 26.3 Å². The zero-order chi connectivity index (χ0) is 15.0. The van der Waals surface area contributed by atoms with Gasteiger partial charge in [0.15, 0.2) is 0 Å². The minimum absolute atomic E-state index is 0.118. The molecule has 0 spiro atoms. The molecule has 1 saturated heterocycles. The molecule has 1 aliphatic heterocycles. The van der Waals surface area contributed by atoms with Gasteiger partial charge in [0.1, 0.15) is 0 Å². The van der Waals surface area contributed by atoms with Gasteiger partial charge in [0.2, 0.25) is 0 Å². The maximum atomic E-state index is 12.9. The minimum Gasteiger partial charge on any atom is -0.378 e. The van der Waals surface area contributed by atoms with Crippen LogP contribution in [0, 0.1) is 0 Å². The van der Waals surface area contributed by atoms with Crippen LogP contribution in [-0.2, 0) is 11.8 Å². The van der Waals surface area contributed by atoms with Gasteiger partial charge in [-0.25, -0.2) is 0 Å². The normalized spacial score (nSPS) is 15.9. The molecule has 0 aliphatic carbocycles. The van der Waals surface area contributed by atoms with Crippen molar-refractivity contribution in [3.8, 4) is 0 Å². The van der Waals surface area contributed by atoms with Crippen molar-refractivity contribution in [3.63, 3.8) is 0 Å². The molecule has 0 saturated carbocycles. The van der Waals surface area contributed by atoms with E-state index in [4.69, 9.17) is 4.74 Å². The molecule has 112 valence electrons. The molecule has 0 atom stereocenters. The number of carbonyl (C=O) groups is 1. The van der Waals surface area contributed by atoms with Crippen LogP contribution in [0.25, 0.3) is 10.9 Å². The molecule has 1 amide bonds. The molecule has 0 radical (unpaired) electrons. The highest BCUT2D eigenvalue weighted by atomic mass is 16.5. The molecule has 1 fully saturated rings. The Morgan fingerprint density at radius 2 is 1.95 bits per heavy atom. The van der Waals surface area contributed by atoms with Crippen molar-refractivity contribution >= 4 is 16.8 Å². The number of benzene rings is 1.